The highest BCUT2D eigenvalue weighted by atomic mass is 32.2. The van der Waals surface area contributed by atoms with Crippen LogP contribution in [0.4, 0.5) is 5.13 Å². The Morgan fingerprint density at radius 1 is 1.08 bits per heavy atom. The molecule has 12 heteroatoms. The number of benzene rings is 2. The molecule has 1 N–H and O–H groups in total. The minimum absolute atomic E-state index is 0.0472. The lowest BCUT2D eigenvalue weighted by atomic mass is 10.1. The quantitative estimate of drug-likeness (QED) is 0.294. The number of ether oxygens (including phenoxy) is 1. The second-order valence-corrected chi connectivity index (χ2v) is 10.7. The molecule has 0 atom stereocenters. The number of carbonyl (C=O) groups is 1. The number of nitrogens with zero attached hydrogens (tertiary/aromatic N) is 5. The van der Waals surface area contributed by atoms with E-state index in [1.54, 1.807) is 11.6 Å². The van der Waals surface area contributed by atoms with E-state index in [1.165, 1.54) is 34.7 Å². The van der Waals surface area contributed by atoms with Gasteiger partial charge in [0.05, 0.1) is 29.1 Å². The Labute approximate surface area is 225 Å². The molecule has 0 fully saturated rings. The van der Waals surface area contributed by atoms with Gasteiger partial charge in [0.1, 0.15) is 5.75 Å². The Balaban J connectivity index is 1.42. The number of nitrogens with one attached hydrogen (secondary N) is 1. The number of rotatable bonds is 8. The van der Waals surface area contributed by atoms with E-state index in [0.29, 0.717) is 29.0 Å². The maximum absolute atomic E-state index is 13.1. The molecule has 0 radical (unpaired) electrons. The third-order valence-electron chi connectivity index (χ3n) is 6.02. The van der Waals surface area contributed by atoms with Crippen molar-refractivity contribution >= 4 is 55.5 Å². The van der Waals surface area contributed by atoms with Gasteiger partial charge >= 0.3 is 5.69 Å². The van der Waals surface area contributed by atoms with E-state index >= 15 is 0 Å². The first-order valence-electron chi connectivity index (χ1n) is 11.9. The van der Waals surface area contributed by atoms with Crippen LogP contribution in [0.2, 0.25) is 0 Å². The van der Waals surface area contributed by atoms with Gasteiger partial charge in [-0.05, 0) is 37.6 Å². The summed E-state index contributed by atoms with van der Waals surface area (Å²) in [6, 6.07) is 13.6. The summed E-state index contributed by atoms with van der Waals surface area (Å²) in [6.07, 6.45) is 0. The van der Waals surface area contributed by atoms with Crippen molar-refractivity contribution in [1.82, 2.24) is 23.7 Å². The van der Waals surface area contributed by atoms with Gasteiger partial charge in [-0.3, -0.25) is 18.7 Å². The lowest BCUT2D eigenvalue weighted by Crippen LogP contribution is -2.37. The standard InChI is InChI=1S/C26H26N6O4S2/c1-5-36-17-10-11-18-19(12-17)38-24(27-18)28-20(33)14-37-25-29-22-21(23(34)31(4)26(35)30(22)3)32(25)13-16-8-6-15(2)7-9-16/h6-12H,5,13-14H2,1-4H3,(H,27,28,33). The summed E-state index contributed by atoms with van der Waals surface area (Å²) >= 11 is 2.57. The fraction of sp³-hybridized carbons (Fsp3) is 0.269. The van der Waals surface area contributed by atoms with Crippen LogP contribution in [-0.2, 0) is 25.4 Å². The van der Waals surface area contributed by atoms with Crippen molar-refractivity contribution < 1.29 is 9.53 Å². The number of fused-ring (bicyclic) bond motifs is 2. The molecule has 38 heavy (non-hydrogen) atoms. The Bertz CT molecular complexity index is 1780. The highest BCUT2D eigenvalue weighted by molar-refractivity contribution is 7.99. The molecule has 3 heterocycles. The summed E-state index contributed by atoms with van der Waals surface area (Å²) in [5.41, 5.74) is 2.58. The molecule has 0 aliphatic rings. The molecule has 3 aromatic heterocycles. The smallest absolute Gasteiger partial charge is 0.332 e. The summed E-state index contributed by atoms with van der Waals surface area (Å²) in [7, 11) is 3.03. The number of thiazole rings is 1. The molecule has 5 aromatic rings. The number of anilines is 1. The SMILES string of the molecule is CCOc1ccc2nc(NC(=O)CSc3nc4c(c(=O)n(C)c(=O)n4C)n3Cc3ccc(C)cc3)sc2c1. The molecule has 0 bridgehead atoms. The third-order valence-corrected chi connectivity index (χ3v) is 7.93. The van der Waals surface area contributed by atoms with Crippen LogP contribution in [0.1, 0.15) is 18.1 Å². The minimum atomic E-state index is -0.458. The molecule has 1 amide bonds. The van der Waals surface area contributed by atoms with Gasteiger partial charge in [-0.2, -0.15) is 0 Å². The minimum Gasteiger partial charge on any atom is -0.494 e. The number of thioether (sulfide) groups is 1. The number of imidazole rings is 1. The molecule has 0 saturated carbocycles. The molecule has 10 nitrogen and oxygen atoms in total. The lowest BCUT2D eigenvalue weighted by molar-refractivity contribution is -0.113. The fourth-order valence-corrected chi connectivity index (χ4v) is 5.77. The van der Waals surface area contributed by atoms with E-state index in [2.05, 4.69) is 15.3 Å². The zero-order chi connectivity index (χ0) is 27.0. The average molecular weight is 551 g/mol. The van der Waals surface area contributed by atoms with E-state index in [-0.39, 0.29) is 17.3 Å². The Morgan fingerprint density at radius 3 is 2.58 bits per heavy atom. The first-order valence-corrected chi connectivity index (χ1v) is 13.7. The molecular formula is C26H26N6O4S2. The highest BCUT2D eigenvalue weighted by Crippen LogP contribution is 2.30. The Kier molecular flexibility index (Phi) is 7.09. The van der Waals surface area contributed by atoms with Crippen molar-refractivity contribution in [2.75, 3.05) is 17.7 Å². The summed E-state index contributed by atoms with van der Waals surface area (Å²) in [4.78, 5) is 47.5. The van der Waals surface area contributed by atoms with Gasteiger partial charge in [-0.15, -0.1) is 0 Å². The van der Waals surface area contributed by atoms with Crippen LogP contribution < -0.4 is 21.3 Å². The van der Waals surface area contributed by atoms with Gasteiger partial charge in [-0.1, -0.05) is 52.9 Å². The molecular weight excluding hydrogens is 524 g/mol. The van der Waals surface area contributed by atoms with Crippen molar-refractivity contribution in [3.63, 3.8) is 0 Å². The first-order chi connectivity index (χ1) is 18.2. The molecule has 196 valence electrons. The van der Waals surface area contributed by atoms with E-state index in [1.807, 2.05) is 56.3 Å². The van der Waals surface area contributed by atoms with Crippen molar-refractivity contribution in [2.24, 2.45) is 14.1 Å². The second kappa shape index (κ2) is 10.5. The fourth-order valence-electron chi connectivity index (χ4n) is 4.06. The van der Waals surface area contributed by atoms with Crippen LogP contribution in [0.5, 0.6) is 5.75 Å². The van der Waals surface area contributed by atoms with Crippen molar-refractivity contribution in [3.05, 3.63) is 74.4 Å². The zero-order valence-corrected chi connectivity index (χ0v) is 23.0. The van der Waals surface area contributed by atoms with Crippen LogP contribution in [-0.4, -0.2) is 41.9 Å². The van der Waals surface area contributed by atoms with Crippen LogP contribution >= 0.6 is 23.1 Å². The van der Waals surface area contributed by atoms with E-state index in [4.69, 9.17) is 4.74 Å². The molecule has 5 rings (SSSR count). The van der Waals surface area contributed by atoms with Crippen LogP contribution in [0.15, 0.2) is 57.2 Å². The van der Waals surface area contributed by atoms with Crippen molar-refractivity contribution in [1.29, 1.82) is 0 Å². The second-order valence-electron chi connectivity index (χ2n) is 8.76. The van der Waals surface area contributed by atoms with Gasteiger partial charge in [-0.25, -0.2) is 14.8 Å². The Hall–Kier alpha value is -3.90. The first kappa shape index (κ1) is 25.7. The number of amides is 1. The molecule has 0 aliphatic carbocycles. The van der Waals surface area contributed by atoms with Crippen LogP contribution in [0.3, 0.4) is 0 Å². The zero-order valence-electron chi connectivity index (χ0n) is 21.3. The number of hydrogen-bond acceptors (Lipinski definition) is 8. The normalized spacial score (nSPS) is 11.4. The van der Waals surface area contributed by atoms with E-state index in [0.717, 1.165) is 31.7 Å². The molecule has 0 aliphatic heterocycles. The average Bonchev–Trinajstić information content (AvgIpc) is 3.47. The maximum atomic E-state index is 13.1. The molecule has 0 unspecified atom stereocenters. The Morgan fingerprint density at radius 2 is 1.84 bits per heavy atom. The summed E-state index contributed by atoms with van der Waals surface area (Å²) < 4.78 is 10.6. The highest BCUT2D eigenvalue weighted by Gasteiger charge is 2.21. The summed E-state index contributed by atoms with van der Waals surface area (Å²) in [6.45, 7) is 4.87. The maximum Gasteiger partial charge on any atom is 0.332 e. The predicted octanol–water partition coefficient (Wildman–Crippen LogP) is 3.53. The lowest BCUT2D eigenvalue weighted by Gasteiger charge is -2.10. The predicted molar refractivity (Wildman–Crippen MR) is 151 cm³/mol. The van der Waals surface area contributed by atoms with Gasteiger partial charge in [0.15, 0.2) is 21.5 Å². The topological polar surface area (TPSA) is 113 Å². The number of aryl methyl sites for hydroxylation is 2. The molecule has 0 saturated heterocycles. The number of aromatic nitrogens is 5. The van der Waals surface area contributed by atoms with Crippen molar-refractivity contribution in [2.45, 2.75) is 25.5 Å². The number of carbonyl (C=O) groups excluding carboxylic acids is 1. The van der Waals surface area contributed by atoms with Gasteiger partial charge in [0.2, 0.25) is 5.91 Å². The molecule has 2 aromatic carbocycles. The number of hydrogen-bond donors (Lipinski definition) is 1. The van der Waals surface area contributed by atoms with Gasteiger partial charge < -0.3 is 14.6 Å². The van der Waals surface area contributed by atoms with E-state index in [9.17, 15) is 14.4 Å². The third kappa shape index (κ3) is 4.96. The van der Waals surface area contributed by atoms with E-state index < -0.39 is 11.2 Å². The summed E-state index contributed by atoms with van der Waals surface area (Å²) in [5, 5.41) is 3.81. The van der Waals surface area contributed by atoms with Crippen LogP contribution in [0, 0.1) is 6.92 Å². The van der Waals surface area contributed by atoms with Gasteiger partial charge in [0, 0.05) is 14.1 Å². The molecule has 0 spiro atoms. The summed E-state index contributed by atoms with van der Waals surface area (Å²) in [5.74, 6) is 0.547. The van der Waals surface area contributed by atoms with Crippen LogP contribution in [0.25, 0.3) is 21.4 Å². The monoisotopic (exact) mass is 550 g/mol. The van der Waals surface area contributed by atoms with Gasteiger partial charge in [0.25, 0.3) is 5.56 Å². The largest absolute Gasteiger partial charge is 0.494 e. The van der Waals surface area contributed by atoms with Crippen molar-refractivity contribution in [3.8, 4) is 5.75 Å².